The van der Waals surface area contributed by atoms with Crippen molar-refractivity contribution in [2.75, 3.05) is 24.5 Å². The molecule has 1 saturated heterocycles. The van der Waals surface area contributed by atoms with Gasteiger partial charge in [0.1, 0.15) is 0 Å². The molecule has 2 aliphatic rings. The zero-order chi connectivity index (χ0) is 13.2. The average Bonchev–Trinajstić information content (AvgIpc) is 2.74. The summed E-state index contributed by atoms with van der Waals surface area (Å²) in [7, 11) is 0. The van der Waals surface area contributed by atoms with Crippen LogP contribution < -0.4 is 21.1 Å². The van der Waals surface area contributed by atoms with Crippen molar-refractivity contribution < 1.29 is 4.79 Å². The van der Waals surface area contributed by atoms with Gasteiger partial charge in [0.25, 0.3) is 0 Å². The summed E-state index contributed by atoms with van der Waals surface area (Å²) >= 11 is 0. The molecule has 1 fully saturated rings. The molecule has 19 heavy (non-hydrogen) atoms. The summed E-state index contributed by atoms with van der Waals surface area (Å²) < 4.78 is 0. The van der Waals surface area contributed by atoms with Crippen molar-refractivity contribution in [2.45, 2.75) is 19.5 Å². The molecule has 3 rings (SSSR count). The fourth-order valence-electron chi connectivity index (χ4n) is 2.80. The number of anilines is 1. The molecule has 0 radical (unpaired) electrons. The number of para-hydroxylation sites is 1. The predicted octanol–water partition coefficient (Wildman–Crippen LogP) is 0.235. The van der Waals surface area contributed by atoms with E-state index in [9.17, 15) is 4.79 Å². The molecular weight excluding hydrogens is 240 g/mol. The Morgan fingerprint density at radius 3 is 3.00 bits per heavy atom. The molecule has 0 aromatic heterocycles. The van der Waals surface area contributed by atoms with Gasteiger partial charge in [0.15, 0.2) is 0 Å². The zero-order valence-corrected chi connectivity index (χ0v) is 11.1. The fraction of sp³-hybridized carbons (Fsp3) is 0.500. The number of carbonyl (C=O) groups excluding carboxylic acids is 1. The van der Waals surface area contributed by atoms with Crippen LogP contribution in [0.15, 0.2) is 24.3 Å². The highest BCUT2D eigenvalue weighted by molar-refractivity contribution is 5.96. The van der Waals surface area contributed by atoms with Crippen molar-refractivity contribution in [3.8, 4) is 0 Å². The lowest BCUT2D eigenvalue weighted by Gasteiger charge is -2.26. The van der Waals surface area contributed by atoms with Crippen LogP contribution in [-0.4, -0.2) is 31.6 Å². The van der Waals surface area contributed by atoms with Crippen molar-refractivity contribution in [2.24, 2.45) is 5.92 Å². The zero-order valence-electron chi connectivity index (χ0n) is 11.1. The normalized spacial score (nSPS) is 26.9. The van der Waals surface area contributed by atoms with Crippen LogP contribution >= 0.6 is 0 Å². The molecule has 3 N–H and O–H groups in total. The maximum Gasteiger partial charge on any atom is 0.233 e. The largest absolute Gasteiger partial charge is 0.311 e. The van der Waals surface area contributed by atoms with Gasteiger partial charge in [-0.05, 0) is 18.6 Å². The maximum absolute atomic E-state index is 12.7. The van der Waals surface area contributed by atoms with Gasteiger partial charge in [-0.15, -0.1) is 0 Å². The number of rotatable bonds is 1. The Kier molecular flexibility index (Phi) is 3.50. The fourth-order valence-corrected chi connectivity index (χ4v) is 2.80. The third-order valence-electron chi connectivity index (χ3n) is 3.95. The highest BCUT2D eigenvalue weighted by atomic mass is 16.2. The average molecular weight is 260 g/mol. The molecule has 0 bridgehead atoms. The van der Waals surface area contributed by atoms with E-state index in [0.717, 1.165) is 25.3 Å². The van der Waals surface area contributed by atoms with Crippen LogP contribution in [0.4, 0.5) is 5.69 Å². The molecule has 1 amide bonds. The number of fused-ring (bicyclic) bond motifs is 1. The topological polar surface area (TPSA) is 56.4 Å². The monoisotopic (exact) mass is 260 g/mol. The summed E-state index contributed by atoms with van der Waals surface area (Å²) in [6.45, 7) is 5.15. The molecule has 5 nitrogen and oxygen atoms in total. The second-order valence-corrected chi connectivity index (χ2v) is 5.22. The van der Waals surface area contributed by atoms with Gasteiger partial charge in [-0.2, -0.15) is 0 Å². The molecule has 2 heterocycles. The quantitative estimate of drug-likeness (QED) is 0.677. The lowest BCUT2D eigenvalue weighted by Crippen LogP contribution is -2.43. The van der Waals surface area contributed by atoms with Gasteiger partial charge in [0.05, 0.1) is 5.92 Å². The minimum Gasteiger partial charge on any atom is -0.311 e. The van der Waals surface area contributed by atoms with Gasteiger partial charge in [0, 0.05) is 37.9 Å². The van der Waals surface area contributed by atoms with Crippen molar-refractivity contribution in [1.82, 2.24) is 16.2 Å². The molecule has 1 aromatic rings. The number of hydrogen-bond acceptors (Lipinski definition) is 4. The first-order valence-corrected chi connectivity index (χ1v) is 6.86. The number of hydrazine groups is 1. The smallest absolute Gasteiger partial charge is 0.233 e. The van der Waals surface area contributed by atoms with E-state index in [0.29, 0.717) is 6.54 Å². The van der Waals surface area contributed by atoms with Crippen LogP contribution in [-0.2, 0) is 11.3 Å². The van der Waals surface area contributed by atoms with E-state index >= 15 is 0 Å². The number of nitrogens with zero attached hydrogens (tertiary/aromatic N) is 1. The summed E-state index contributed by atoms with van der Waals surface area (Å²) in [5.74, 6) is 0.215. The van der Waals surface area contributed by atoms with Crippen LogP contribution in [0, 0.1) is 5.92 Å². The SMILES string of the molecule is CC1NNCC1C(=O)N1CCNCc2ccccc21. The summed E-state index contributed by atoms with van der Waals surface area (Å²) in [4.78, 5) is 14.7. The van der Waals surface area contributed by atoms with E-state index in [1.165, 1.54) is 5.56 Å². The van der Waals surface area contributed by atoms with E-state index in [-0.39, 0.29) is 17.9 Å². The standard InChI is InChI=1S/C14H20N4O/c1-10-12(9-16-17-10)14(19)18-7-6-15-8-11-4-2-3-5-13(11)18/h2-5,10,12,15-17H,6-9H2,1H3. The number of nitrogens with one attached hydrogen (secondary N) is 3. The van der Waals surface area contributed by atoms with Gasteiger partial charge < -0.3 is 10.2 Å². The highest BCUT2D eigenvalue weighted by Crippen LogP contribution is 2.25. The first-order chi connectivity index (χ1) is 9.27. The van der Waals surface area contributed by atoms with Gasteiger partial charge in [0.2, 0.25) is 5.91 Å². The first-order valence-electron chi connectivity index (χ1n) is 6.86. The van der Waals surface area contributed by atoms with Crippen molar-refractivity contribution in [3.05, 3.63) is 29.8 Å². The Morgan fingerprint density at radius 2 is 2.21 bits per heavy atom. The minimum atomic E-state index is 0.00570. The van der Waals surface area contributed by atoms with Crippen LogP contribution in [0.25, 0.3) is 0 Å². The van der Waals surface area contributed by atoms with Gasteiger partial charge in [-0.25, -0.2) is 0 Å². The Balaban J connectivity index is 1.89. The Morgan fingerprint density at radius 1 is 1.37 bits per heavy atom. The van der Waals surface area contributed by atoms with Crippen LogP contribution in [0.3, 0.4) is 0 Å². The molecular formula is C14H20N4O. The second kappa shape index (κ2) is 5.28. The summed E-state index contributed by atoms with van der Waals surface area (Å²) in [6, 6.07) is 8.33. The van der Waals surface area contributed by atoms with Crippen molar-refractivity contribution in [1.29, 1.82) is 0 Å². The molecule has 2 aliphatic heterocycles. The second-order valence-electron chi connectivity index (χ2n) is 5.22. The number of benzene rings is 1. The predicted molar refractivity (Wildman–Crippen MR) is 74.6 cm³/mol. The van der Waals surface area contributed by atoms with E-state index in [1.807, 2.05) is 30.0 Å². The Labute approximate surface area is 113 Å². The van der Waals surface area contributed by atoms with Crippen LogP contribution in [0.1, 0.15) is 12.5 Å². The third kappa shape index (κ3) is 2.36. The summed E-state index contributed by atoms with van der Waals surface area (Å²) in [5.41, 5.74) is 8.43. The van der Waals surface area contributed by atoms with Crippen LogP contribution in [0.2, 0.25) is 0 Å². The van der Waals surface area contributed by atoms with Crippen molar-refractivity contribution in [3.63, 3.8) is 0 Å². The minimum absolute atomic E-state index is 0.00570. The third-order valence-corrected chi connectivity index (χ3v) is 3.95. The number of carbonyl (C=O) groups is 1. The lowest BCUT2D eigenvalue weighted by molar-refractivity contribution is -0.122. The Hall–Kier alpha value is -1.43. The highest BCUT2D eigenvalue weighted by Gasteiger charge is 2.34. The summed E-state index contributed by atoms with van der Waals surface area (Å²) in [5, 5.41) is 3.36. The Bertz CT molecular complexity index is 476. The molecule has 5 heteroatoms. The molecule has 0 spiro atoms. The van der Waals surface area contributed by atoms with Gasteiger partial charge in [-0.3, -0.25) is 15.6 Å². The van der Waals surface area contributed by atoms with E-state index in [2.05, 4.69) is 22.2 Å². The number of amides is 1. The van der Waals surface area contributed by atoms with Gasteiger partial charge in [-0.1, -0.05) is 18.2 Å². The lowest BCUT2D eigenvalue weighted by atomic mass is 10.0. The molecule has 2 unspecified atom stereocenters. The van der Waals surface area contributed by atoms with Crippen molar-refractivity contribution >= 4 is 11.6 Å². The van der Waals surface area contributed by atoms with Gasteiger partial charge >= 0.3 is 0 Å². The molecule has 102 valence electrons. The maximum atomic E-state index is 12.7. The molecule has 0 saturated carbocycles. The van der Waals surface area contributed by atoms with E-state index in [4.69, 9.17) is 0 Å². The van der Waals surface area contributed by atoms with E-state index in [1.54, 1.807) is 0 Å². The van der Waals surface area contributed by atoms with Crippen LogP contribution in [0.5, 0.6) is 0 Å². The number of hydrogen-bond donors (Lipinski definition) is 3. The summed E-state index contributed by atoms with van der Waals surface area (Å²) in [6.07, 6.45) is 0. The molecule has 1 aromatic carbocycles. The molecule has 2 atom stereocenters. The van der Waals surface area contributed by atoms with E-state index < -0.39 is 0 Å². The first kappa shape index (κ1) is 12.6. The molecule has 0 aliphatic carbocycles.